The lowest BCUT2D eigenvalue weighted by molar-refractivity contribution is -0.384. The third-order valence-corrected chi connectivity index (χ3v) is 7.08. The topological polar surface area (TPSA) is 129 Å². The highest BCUT2D eigenvalue weighted by Crippen LogP contribution is 2.38. The molecule has 2 aliphatic heterocycles. The van der Waals surface area contributed by atoms with Crippen LogP contribution >= 0.6 is 11.8 Å². The minimum Gasteiger partial charge on any atom is -0.490 e. The minimum absolute atomic E-state index is 0.00895. The van der Waals surface area contributed by atoms with E-state index in [1.165, 1.54) is 12.1 Å². The summed E-state index contributed by atoms with van der Waals surface area (Å²) in [7, 11) is 0. The van der Waals surface area contributed by atoms with Gasteiger partial charge in [0.1, 0.15) is 13.2 Å². The van der Waals surface area contributed by atoms with Gasteiger partial charge in [-0.25, -0.2) is 0 Å². The number of ether oxygens (including phenoxy) is 3. The largest absolute Gasteiger partial charge is 0.490 e. The Hall–Kier alpha value is -4.16. The van der Waals surface area contributed by atoms with Crippen molar-refractivity contribution in [2.24, 2.45) is 0 Å². The van der Waals surface area contributed by atoms with Gasteiger partial charge >= 0.3 is 0 Å². The maximum atomic E-state index is 13.1. The van der Waals surface area contributed by atoms with Crippen molar-refractivity contribution in [3.8, 4) is 11.5 Å². The molecule has 0 bridgehead atoms. The van der Waals surface area contributed by atoms with Crippen molar-refractivity contribution in [3.63, 3.8) is 0 Å². The number of hydrogen-bond donors (Lipinski definition) is 0. The summed E-state index contributed by atoms with van der Waals surface area (Å²) in [5, 5.41) is 10.4. The highest BCUT2D eigenvalue weighted by molar-refractivity contribution is 8.18. The summed E-state index contributed by atoms with van der Waals surface area (Å²) >= 11 is 0.782. The SMILES string of the molecule is C=CCc1cc(/C=C2/SC(=O)N(CC(=O)N3CCOCC3)C2=O)cc(OCC)c1OCc1ccc([N+](=O)[O-])cc1. The molecule has 0 aliphatic carbocycles. The van der Waals surface area contributed by atoms with Crippen LogP contribution in [0.5, 0.6) is 11.5 Å². The molecule has 0 radical (unpaired) electrons. The van der Waals surface area contributed by atoms with Gasteiger partial charge in [-0.2, -0.15) is 0 Å². The number of nitro groups is 1. The summed E-state index contributed by atoms with van der Waals surface area (Å²) in [4.78, 5) is 51.5. The fraction of sp³-hybridized carbons (Fsp3) is 0.321. The van der Waals surface area contributed by atoms with Crippen molar-refractivity contribution >= 4 is 40.6 Å². The zero-order valence-corrected chi connectivity index (χ0v) is 22.8. The second-order valence-electron chi connectivity index (χ2n) is 8.91. The summed E-state index contributed by atoms with van der Waals surface area (Å²) < 4.78 is 17.2. The molecule has 2 aliphatic rings. The summed E-state index contributed by atoms with van der Waals surface area (Å²) in [5.74, 6) is 0.102. The van der Waals surface area contributed by atoms with Gasteiger partial charge in [-0.3, -0.25) is 29.4 Å². The van der Waals surface area contributed by atoms with E-state index in [0.717, 1.165) is 27.8 Å². The molecule has 0 aromatic heterocycles. The van der Waals surface area contributed by atoms with E-state index in [1.54, 1.807) is 35.3 Å². The van der Waals surface area contributed by atoms with E-state index in [0.29, 0.717) is 56.4 Å². The first-order chi connectivity index (χ1) is 19.3. The summed E-state index contributed by atoms with van der Waals surface area (Å²) in [6, 6.07) is 9.62. The molecule has 2 heterocycles. The van der Waals surface area contributed by atoms with Crippen LogP contribution in [0.4, 0.5) is 10.5 Å². The number of amides is 3. The molecule has 2 fully saturated rings. The van der Waals surface area contributed by atoms with Crippen molar-refractivity contribution in [3.05, 3.63) is 80.8 Å². The lowest BCUT2D eigenvalue weighted by Crippen LogP contribution is -2.46. The van der Waals surface area contributed by atoms with Gasteiger partial charge in [0.05, 0.1) is 29.6 Å². The second-order valence-corrected chi connectivity index (χ2v) is 9.90. The van der Waals surface area contributed by atoms with E-state index in [1.807, 2.05) is 13.0 Å². The zero-order valence-electron chi connectivity index (χ0n) is 22.0. The average Bonchev–Trinajstić information content (AvgIpc) is 3.20. The van der Waals surface area contributed by atoms with E-state index in [9.17, 15) is 24.5 Å². The van der Waals surface area contributed by atoms with Gasteiger partial charge in [0.25, 0.3) is 16.8 Å². The van der Waals surface area contributed by atoms with Crippen molar-refractivity contribution in [1.82, 2.24) is 9.80 Å². The molecule has 2 aromatic carbocycles. The Morgan fingerprint density at radius 1 is 1.18 bits per heavy atom. The van der Waals surface area contributed by atoms with Crippen molar-refractivity contribution in [2.75, 3.05) is 39.5 Å². The Kier molecular flexibility index (Phi) is 9.56. The second kappa shape index (κ2) is 13.3. The average molecular weight is 568 g/mol. The van der Waals surface area contributed by atoms with E-state index >= 15 is 0 Å². The van der Waals surface area contributed by atoms with Crippen LogP contribution in [0.15, 0.2) is 54.0 Å². The Bertz CT molecular complexity index is 1340. The fourth-order valence-corrected chi connectivity index (χ4v) is 5.04. The number of non-ortho nitro benzene ring substituents is 1. The molecule has 0 spiro atoms. The number of carbonyl (C=O) groups excluding carboxylic acids is 3. The number of allylic oxidation sites excluding steroid dienone is 1. The molecule has 40 heavy (non-hydrogen) atoms. The number of nitro benzene ring substituents is 1. The molecule has 2 saturated heterocycles. The van der Waals surface area contributed by atoms with Crippen LogP contribution < -0.4 is 9.47 Å². The van der Waals surface area contributed by atoms with Crippen LogP contribution in [0.25, 0.3) is 6.08 Å². The van der Waals surface area contributed by atoms with Crippen molar-refractivity contribution < 1.29 is 33.5 Å². The van der Waals surface area contributed by atoms with Crippen LogP contribution in [0.2, 0.25) is 0 Å². The first kappa shape index (κ1) is 28.8. The Morgan fingerprint density at radius 2 is 1.90 bits per heavy atom. The van der Waals surface area contributed by atoms with Crippen LogP contribution in [-0.2, 0) is 27.4 Å². The van der Waals surface area contributed by atoms with Crippen LogP contribution in [0.1, 0.15) is 23.6 Å². The van der Waals surface area contributed by atoms with Crippen LogP contribution in [0.3, 0.4) is 0 Å². The number of benzene rings is 2. The van der Waals surface area contributed by atoms with Gasteiger partial charge in [-0.1, -0.05) is 6.08 Å². The Morgan fingerprint density at radius 3 is 2.55 bits per heavy atom. The predicted molar refractivity (Wildman–Crippen MR) is 149 cm³/mol. The first-order valence-corrected chi connectivity index (χ1v) is 13.5. The van der Waals surface area contributed by atoms with Gasteiger partial charge in [0.15, 0.2) is 11.5 Å². The quantitative estimate of drug-likeness (QED) is 0.170. The highest BCUT2D eigenvalue weighted by Gasteiger charge is 2.37. The number of thioether (sulfide) groups is 1. The number of imide groups is 1. The zero-order chi connectivity index (χ0) is 28.6. The molecular weight excluding hydrogens is 538 g/mol. The summed E-state index contributed by atoms with van der Waals surface area (Å²) in [6.07, 6.45) is 3.74. The van der Waals surface area contributed by atoms with Gasteiger partial charge < -0.3 is 19.1 Å². The maximum absolute atomic E-state index is 13.1. The number of hydrogen-bond acceptors (Lipinski definition) is 9. The van der Waals surface area contributed by atoms with E-state index in [2.05, 4.69) is 6.58 Å². The maximum Gasteiger partial charge on any atom is 0.294 e. The van der Waals surface area contributed by atoms with E-state index in [4.69, 9.17) is 14.2 Å². The van der Waals surface area contributed by atoms with Crippen LogP contribution in [-0.4, -0.2) is 71.2 Å². The predicted octanol–water partition coefficient (Wildman–Crippen LogP) is 4.20. The molecule has 0 N–H and O–H groups in total. The molecule has 0 saturated carbocycles. The molecule has 210 valence electrons. The van der Waals surface area contributed by atoms with E-state index in [-0.39, 0.29) is 29.7 Å². The Labute approximate surface area is 235 Å². The third-order valence-electron chi connectivity index (χ3n) is 6.18. The number of morpholine rings is 1. The van der Waals surface area contributed by atoms with Crippen molar-refractivity contribution in [2.45, 2.75) is 20.0 Å². The van der Waals surface area contributed by atoms with Crippen LogP contribution in [0, 0.1) is 10.1 Å². The van der Waals surface area contributed by atoms with Gasteiger partial charge in [-0.05, 0) is 66.6 Å². The number of carbonyl (C=O) groups is 3. The van der Waals surface area contributed by atoms with Gasteiger partial charge in [-0.15, -0.1) is 6.58 Å². The highest BCUT2D eigenvalue weighted by atomic mass is 32.2. The fourth-order valence-electron chi connectivity index (χ4n) is 4.21. The minimum atomic E-state index is -0.529. The smallest absolute Gasteiger partial charge is 0.294 e. The number of rotatable bonds is 11. The third kappa shape index (κ3) is 6.88. The summed E-state index contributed by atoms with van der Waals surface area (Å²) in [5.41, 5.74) is 2.09. The van der Waals surface area contributed by atoms with Crippen molar-refractivity contribution in [1.29, 1.82) is 0 Å². The lowest BCUT2D eigenvalue weighted by Gasteiger charge is -2.28. The van der Waals surface area contributed by atoms with Gasteiger partial charge in [0.2, 0.25) is 5.91 Å². The first-order valence-electron chi connectivity index (χ1n) is 12.7. The molecule has 3 amide bonds. The monoisotopic (exact) mass is 567 g/mol. The van der Waals surface area contributed by atoms with Gasteiger partial charge in [0, 0.05) is 30.8 Å². The molecule has 12 heteroatoms. The Balaban J connectivity index is 1.55. The molecule has 2 aromatic rings. The normalized spacial score (nSPS) is 16.4. The standard InChI is InChI=1S/C28H29N3O8S/c1-3-5-21-14-20(15-23(38-4-2)26(21)39-18-19-6-8-22(9-7-19)31(35)36)16-24-27(33)30(28(34)40-24)17-25(32)29-10-12-37-13-11-29/h3,6-9,14-16H,1,4-5,10-13,17-18H2,2H3/b24-16+. The van der Waals surface area contributed by atoms with E-state index < -0.39 is 16.1 Å². The summed E-state index contributed by atoms with van der Waals surface area (Å²) in [6.45, 7) is 7.54. The molecular formula is C28H29N3O8S. The number of nitrogens with zero attached hydrogens (tertiary/aromatic N) is 3. The lowest BCUT2D eigenvalue weighted by atomic mass is 10.0. The molecule has 0 unspecified atom stereocenters. The molecule has 11 nitrogen and oxygen atoms in total. The molecule has 0 atom stereocenters. The molecule has 4 rings (SSSR count).